The topological polar surface area (TPSA) is 41.1 Å². The van der Waals surface area contributed by atoms with E-state index in [1.165, 1.54) is 0 Å². The second-order valence-electron chi connectivity index (χ2n) is 4.10. The molecule has 100 valence electrons. The van der Waals surface area contributed by atoms with Crippen molar-refractivity contribution in [3.63, 3.8) is 0 Å². The molecule has 0 radical (unpaired) electrons. The highest BCUT2D eigenvalue weighted by Crippen LogP contribution is 2.28. The van der Waals surface area contributed by atoms with Gasteiger partial charge in [-0.3, -0.25) is 4.79 Å². The van der Waals surface area contributed by atoms with Crippen molar-refractivity contribution in [2.24, 2.45) is 0 Å². The molecule has 0 saturated heterocycles. The summed E-state index contributed by atoms with van der Waals surface area (Å²) in [6, 6.07) is 0.102. The highest BCUT2D eigenvalue weighted by molar-refractivity contribution is 7.99. The van der Waals surface area contributed by atoms with Crippen molar-refractivity contribution < 1.29 is 18.0 Å². The number of rotatable bonds is 5. The molecule has 0 heterocycles. The van der Waals surface area contributed by atoms with Crippen LogP contribution < -0.4 is 10.6 Å². The van der Waals surface area contributed by atoms with Gasteiger partial charge in [0, 0.05) is 11.3 Å². The van der Waals surface area contributed by atoms with Gasteiger partial charge in [-0.2, -0.15) is 24.9 Å². The van der Waals surface area contributed by atoms with E-state index in [0.717, 1.165) is 19.3 Å². The van der Waals surface area contributed by atoms with E-state index in [0.29, 0.717) is 5.25 Å². The summed E-state index contributed by atoms with van der Waals surface area (Å²) in [5.74, 6) is -0.361. The van der Waals surface area contributed by atoms with Crippen LogP contribution in [0.4, 0.5) is 13.2 Å². The van der Waals surface area contributed by atoms with Gasteiger partial charge in [0.1, 0.15) is 0 Å². The predicted octanol–water partition coefficient (Wildman–Crippen LogP) is 1.54. The van der Waals surface area contributed by atoms with Crippen LogP contribution in [0, 0.1) is 0 Å². The van der Waals surface area contributed by atoms with Crippen LogP contribution in [0.15, 0.2) is 0 Å². The van der Waals surface area contributed by atoms with E-state index in [4.69, 9.17) is 0 Å². The van der Waals surface area contributed by atoms with Crippen LogP contribution in [0.2, 0.25) is 0 Å². The summed E-state index contributed by atoms with van der Waals surface area (Å²) >= 11 is 1.70. The molecule has 1 amide bonds. The molecule has 1 aliphatic carbocycles. The number of hydrogen-bond acceptors (Lipinski definition) is 3. The molecule has 0 aromatic rings. The highest BCUT2D eigenvalue weighted by Gasteiger charge is 2.29. The SMILES string of the molecule is CSC1CCCC1NC(=O)CNCC(F)(F)F. The Labute approximate surface area is 103 Å². The Kier molecular flexibility index (Phi) is 5.58. The molecule has 0 spiro atoms. The Bertz CT molecular complexity index is 260. The first kappa shape index (κ1) is 14.6. The molecular weight excluding hydrogens is 253 g/mol. The average Bonchev–Trinajstić information content (AvgIpc) is 2.63. The minimum absolute atomic E-state index is 0.102. The third-order valence-electron chi connectivity index (χ3n) is 2.71. The van der Waals surface area contributed by atoms with Crippen molar-refractivity contribution in [2.75, 3.05) is 19.3 Å². The van der Waals surface area contributed by atoms with E-state index in [2.05, 4.69) is 10.6 Å². The quantitative estimate of drug-likeness (QED) is 0.796. The van der Waals surface area contributed by atoms with Gasteiger partial charge in [-0.05, 0) is 19.1 Å². The molecular formula is C10H17F3N2OS. The second-order valence-corrected chi connectivity index (χ2v) is 5.17. The average molecular weight is 270 g/mol. The number of amides is 1. The minimum Gasteiger partial charge on any atom is -0.351 e. The van der Waals surface area contributed by atoms with E-state index in [9.17, 15) is 18.0 Å². The molecule has 1 saturated carbocycles. The number of carbonyl (C=O) groups is 1. The van der Waals surface area contributed by atoms with Crippen molar-refractivity contribution in [1.82, 2.24) is 10.6 Å². The lowest BCUT2D eigenvalue weighted by molar-refractivity contribution is -0.128. The number of carbonyl (C=O) groups excluding carboxylic acids is 1. The first-order chi connectivity index (χ1) is 7.92. The number of hydrogen-bond donors (Lipinski definition) is 2. The molecule has 1 aliphatic rings. The lowest BCUT2D eigenvalue weighted by Gasteiger charge is -2.19. The van der Waals surface area contributed by atoms with Gasteiger partial charge in [-0.15, -0.1) is 0 Å². The lowest BCUT2D eigenvalue weighted by atomic mass is 10.2. The Morgan fingerprint density at radius 2 is 2.12 bits per heavy atom. The summed E-state index contributed by atoms with van der Waals surface area (Å²) in [6.07, 6.45) is 0.748. The number of thioether (sulfide) groups is 1. The van der Waals surface area contributed by atoms with Crippen LogP contribution >= 0.6 is 11.8 Å². The van der Waals surface area contributed by atoms with Crippen LogP contribution in [0.25, 0.3) is 0 Å². The van der Waals surface area contributed by atoms with Crippen molar-refractivity contribution >= 4 is 17.7 Å². The normalized spacial score (nSPS) is 24.9. The number of halogens is 3. The van der Waals surface area contributed by atoms with E-state index < -0.39 is 12.7 Å². The summed E-state index contributed by atoms with van der Waals surface area (Å²) in [7, 11) is 0. The zero-order valence-electron chi connectivity index (χ0n) is 9.64. The van der Waals surface area contributed by atoms with Gasteiger partial charge in [-0.25, -0.2) is 0 Å². The lowest BCUT2D eigenvalue weighted by Crippen LogP contribution is -2.44. The molecule has 0 aromatic heterocycles. The van der Waals surface area contributed by atoms with Crippen LogP contribution in [0.3, 0.4) is 0 Å². The third kappa shape index (κ3) is 5.63. The fourth-order valence-electron chi connectivity index (χ4n) is 1.95. The number of alkyl halides is 3. The van der Waals surface area contributed by atoms with Gasteiger partial charge >= 0.3 is 6.18 Å². The molecule has 2 unspecified atom stereocenters. The maximum absolute atomic E-state index is 11.8. The zero-order chi connectivity index (χ0) is 12.9. The van der Waals surface area contributed by atoms with Crippen molar-refractivity contribution in [2.45, 2.75) is 36.7 Å². The maximum atomic E-state index is 11.8. The second kappa shape index (κ2) is 6.49. The maximum Gasteiger partial charge on any atom is 0.401 e. The predicted molar refractivity (Wildman–Crippen MR) is 62.0 cm³/mol. The smallest absolute Gasteiger partial charge is 0.351 e. The van der Waals surface area contributed by atoms with Gasteiger partial charge in [0.05, 0.1) is 13.1 Å². The monoisotopic (exact) mass is 270 g/mol. The Balaban J connectivity index is 2.21. The molecule has 3 nitrogen and oxygen atoms in total. The molecule has 2 N–H and O–H groups in total. The third-order valence-corrected chi connectivity index (χ3v) is 3.88. The van der Waals surface area contributed by atoms with Crippen LogP contribution in [0.5, 0.6) is 0 Å². The largest absolute Gasteiger partial charge is 0.401 e. The fourth-order valence-corrected chi connectivity index (χ4v) is 2.88. The molecule has 0 aliphatic heterocycles. The van der Waals surface area contributed by atoms with Gasteiger partial charge in [0.15, 0.2) is 0 Å². The molecule has 1 rings (SSSR count). The Hall–Kier alpha value is -0.430. The summed E-state index contributed by atoms with van der Waals surface area (Å²) in [5.41, 5.74) is 0. The molecule has 0 aromatic carbocycles. The Morgan fingerprint density at radius 3 is 2.71 bits per heavy atom. The zero-order valence-corrected chi connectivity index (χ0v) is 10.5. The summed E-state index contributed by atoms with van der Waals surface area (Å²) in [5, 5.41) is 5.25. The standard InChI is InChI=1S/C10H17F3N2OS/c1-17-8-4-2-3-7(8)15-9(16)5-14-6-10(11,12)13/h7-8,14H,2-6H2,1H3,(H,15,16). The summed E-state index contributed by atoms with van der Waals surface area (Å²) in [4.78, 5) is 11.4. The first-order valence-electron chi connectivity index (χ1n) is 5.52. The van der Waals surface area contributed by atoms with Crippen LogP contribution in [-0.2, 0) is 4.79 Å². The highest BCUT2D eigenvalue weighted by atomic mass is 32.2. The summed E-state index contributed by atoms with van der Waals surface area (Å²) < 4.78 is 35.5. The van der Waals surface area contributed by atoms with Crippen molar-refractivity contribution in [1.29, 1.82) is 0 Å². The number of nitrogens with one attached hydrogen (secondary N) is 2. The molecule has 17 heavy (non-hydrogen) atoms. The van der Waals surface area contributed by atoms with Crippen LogP contribution in [-0.4, -0.2) is 42.7 Å². The van der Waals surface area contributed by atoms with E-state index >= 15 is 0 Å². The van der Waals surface area contributed by atoms with E-state index in [1.54, 1.807) is 11.8 Å². The van der Waals surface area contributed by atoms with Crippen molar-refractivity contribution in [3.05, 3.63) is 0 Å². The first-order valence-corrected chi connectivity index (χ1v) is 6.81. The van der Waals surface area contributed by atoms with Gasteiger partial charge < -0.3 is 10.6 Å². The molecule has 2 atom stereocenters. The van der Waals surface area contributed by atoms with Gasteiger partial charge in [0.2, 0.25) is 5.91 Å². The fraction of sp³-hybridized carbons (Fsp3) is 0.900. The molecule has 1 fully saturated rings. The van der Waals surface area contributed by atoms with Crippen LogP contribution in [0.1, 0.15) is 19.3 Å². The van der Waals surface area contributed by atoms with Gasteiger partial charge in [0.25, 0.3) is 0 Å². The minimum atomic E-state index is -4.27. The van der Waals surface area contributed by atoms with Gasteiger partial charge in [-0.1, -0.05) is 6.42 Å². The Morgan fingerprint density at radius 1 is 1.41 bits per heavy atom. The van der Waals surface area contributed by atoms with E-state index in [-0.39, 0.29) is 18.5 Å². The van der Waals surface area contributed by atoms with Crippen molar-refractivity contribution in [3.8, 4) is 0 Å². The molecule has 7 heteroatoms. The molecule has 0 bridgehead atoms. The van der Waals surface area contributed by atoms with E-state index in [1.807, 2.05) is 6.26 Å². The summed E-state index contributed by atoms with van der Waals surface area (Å²) in [6.45, 7) is -1.41.